The average molecular weight is 771 g/mol. The van der Waals surface area contributed by atoms with Gasteiger partial charge in [-0.1, -0.05) is 84.9 Å². The fourth-order valence-corrected chi connectivity index (χ4v) is 9.03. The number of ether oxygens (including phenoxy) is 3. The lowest BCUT2D eigenvalue weighted by atomic mass is 9.87. The number of hydrogen-bond acceptors (Lipinski definition) is 7. The maximum Gasteiger partial charge on any atom is 0.308 e. The first kappa shape index (κ1) is 39.6. The fraction of sp³-hybridized carbons (Fsp3) is 0.906. The largest absolute Gasteiger partial charge is 0.469 e. The Morgan fingerprint density at radius 2 is 1.30 bits per heavy atom. The van der Waals surface area contributed by atoms with Gasteiger partial charge in [-0.15, -0.1) is 0 Å². The van der Waals surface area contributed by atoms with Crippen molar-refractivity contribution in [3.05, 3.63) is 10.2 Å². The van der Waals surface area contributed by atoms with Crippen LogP contribution in [0.2, 0.25) is 54.4 Å². The van der Waals surface area contributed by atoms with E-state index in [1.165, 1.54) is 7.11 Å². The molecular weight excluding hydrogens is 708 g/mol. The minimum absolute atomic E-state index is 0.0168. The highest BCUT2D eigenvalue weighted by molar-refractivity contribution is 14.1. The van der Waals surface area contributed by atoms with Crippen LogP contribution in [-0.4, -0.2) is 80.8 Å². The molecule has 43 heavy (non-hydrogen) atoms. The number of esters is 1. The molecule has 0 aromatic heterocycles. The van der Waals surface area contributed by atoms with E-state index in [4.69, 9.17) is 27.5 Å². The van der Waals surface area contributed by atoms with Crippen molar-refractivity contribution in [3.8, 4) is 0 Å². The van der Waals surface area contributed by atoms with Gasteiger partial charge >= 0.3 is 5.97 Å². The summed E-state index contributed by atoms with van der Waals surface area (Å²) in [5.74, 6) is -0.260. The van der Waals surface area contributed by atoms with Crippen molar-refractivity contribution in [1.29, 1.82) is 0 Å². The number of rotatable bonds is 10. The number of fused-ring (bicyclic) bond motifs is 1. The summed E-state index contributed by atoms with van der Waals surface area (Å²) in [5, 5.41) is -0.00778. The van der Waals surface area contributed by atoms with Gasteiger partial charge in [0.15, 0.2) is 25.0 Å². The molecule has 0 bridgehead atoms. The van der Waals surface area contributed by atoms with E-state index in [1.54, 1.807) is 0 Å². The molecule has 2 aliphatic heterocycles. The monoisotopic (exact) mass is 770 g/mol. The highest BCUT2D eigenvalue weighted by atomic mass is 127. The Balaban J connectivity index is 2.73. The van der Waals surface area contributed by atoms with Crippen molar-refractivity contribution < 1.29 is 32.3 Å². The molecule has 7 atom stereocenters. The van der Waals surface area contributed by atoms with Gasteiger partial charge in [-0.3, -0.25) is 4.79 Å². The summed E-state index contributed by atoms with van der Waals surface area (Å²) in [7, 11) is -5.36. The number of hydrogen-bond donors (Lipinski definition) is 0. The third-order valence-electron chi connectivity index (χ3n) is 10.7. The Morgan fingerprint density at radius 1 is 0.814 bits per heavy atom. The van der Waals surface area contributed by atoms with E-state index in [9.17, 15) is 4.79 Å². The summed E-state index contributed by atoms with van der Waals surface area (Å²) >= 11 is 2.29. The molecule has 2 saturated heterocycles. The number of halogens is 1. The van der Waals surface area contributed by atoms with E-state index in [1.807, 2.05) is 4.08 Å². The van der Waals surface area contributed by atoms with Crippen LogP contribution in [0.5, 0.6) is 0 Å². The normalized spacial score (nSPS) is 29.0. The Kier molecular flexibility index (Phi) is 13.1. The topological polar surface area (TPSA) is 72.5 Å². The molecule has 2 heterocycles. The Morgan fingerprint density at radius 3 is 1.74 bits per heavy atom. The minimum Gasteiger partial charge on any atom is -0.469 e. The third kappa shape index (κ3) is 9.71. The molecule has 2 aliphatic rings. The van der Waals surface area contributed by atoms with Gasteiger partial charge < -0.3 is 27.5 Å². The molecule has 0 aromatic rings. The average Bonchev–Trinajstić information content (AvgIpc) is 2.82. The van der Waals surface area contributed by atoms with Gasteiger partial charge in [-0.2, -0.15) is 0 Å². The Labute approximate surface area is 280 Å². The highest BCUT2D eigenvalue weighted by Gasteiger charge is 2.57. The smallest absolute Gasteiger partial charge is 0.308 e. The van der Waals surface area contributed by atoms with E-state index < -0.39 is 31.1 Å². The van der Waals surface area contributed by atoms with Gasteiger partial charge in [0.25, 0.3) is 0 Å². The maximum absolute atomic E-state index is 12.3. The number of methoxy groups -OCH3 is 1. The van der Waals surface area contributed by atoms with Gasteiger partial charge in [0.2, 0.25) is 0 Å². The second-order valence-electron chi connectivity index (χ2n) is 17.1. The first-order valence-electron chi connectivity index (χ1n) is 16.0. The van der Waals surface area contributed by atoms with Crippen molar-refractivity contribution in [2.45, 2.75) is 179 Å². The second kappa shape index (κ2) is 14.2. The molecule has 2 fully saturated rings. The van der Waals surface area contributed by atoms with Crippen LogP contribution >= 0.6 is 22.6 Å². The molecule has 252 valence electrons. The summed E-state index contributed by atoms with van der Waals surface area (Å²) in [6.45, 7) is 34.1. The van der Waals surface area contributed by atoms with E-state index >= 15 is 0 Å². The lowest BCUT2D eigenvalue weighted by Crippen LogP contribution is -2.69. The van der Waals surface area contributed by atoms with Crippen LogP contribution < -0.4 is 0 Å². The van der Waals surface area contributed by atoms with Gasteiger partial charge in [0.1, 0.15) is 24.4 Å². The zero-order valence-electron chi connectivity index (χ0n) is 30.1. The standard InChI is InChI=1S/C32H63IO7Si3/c1-30(2,3)41(11,12)38-24(19-20-33)27-29(40-43(15,16)32(7,8)9)28(39-42(13,14)31(4,5)6)26-23(37-27)18-17-22(36-26)21-25(34)35-10/h19-20,22-24,26-29H,17-18,21H2,1-16H3/t22?,23-,24-,26-,27-,28-,29+/m0/s1. The summed E-state index contributed by atoms with van der Waals surface area (Å²) in [6, 6.07) is 0. The van der Waals surface area contributed by atoms with Crippen molar-refractivity contribution in [1.82, 2.24) is 0 Å². The second-order valence-corrected chi connectivity index (χ2v) is 32.1. The molecule has 0 aliphatic carbocycles. The van der Waals surface area contributed by atoms with Gasteiger partial charge in [-0.25, -0.2) is 0 Å². The summed E-state index contributed by atoms with van der Waals surface area (Å²) in [5.41, 5.74) is 0. The summed E-state index contributed by atoms with van der Waals surface area (Å²) in [6.07, 6.45) is 1.61. The lowest BCUT2D eigenvalue weighted by molar-refractivity contribution is -0.266. The van der Waals surface area contributed by atoms with Crippen LogP contribution in [-0.2, 0) is 32.3 Å². The van der Waals surface area contributed by atoms with Crippen molar-refractivity contribution in [2.24, 2.45) is 0 Å². The van der Waals surface area contributed by atoms with Crippen LogP contribution in [0.4, 0.5) is 0 Å². The zero-order chi connectivity index (χ0) is 33.4. The van der Waals surface area contributed by atoms with Crippen molar-refractivity contribution >= 4 is 53.5 Å². The molecule has 1 unspecified atom stereocenters. The van der Waals surface area contributed by atoms with E-state index in [0.717, 1.165) is 12.8 Å². The first-order chi connectivity index (χ1) is 19.3. The quantitative estimate of drug-likeness (QED) is 0.125. The Bertz CT molecular complexity index is 965. The number of carbonyl (C=O) groups is 1. The van der Waals surface area contributed by atoms with Crippen molar-refractivity contribution in [2.75, 3.05) is 7.11 Å². The van der Waals surface area contributed by atoms with Crippen LogP contribution in [0.3, 0.4) is 0 Å². The molecule has 0 spiro atoms. The van der Waals surface area contributed by atoms with Crippen LogP contribution in [0.1, 0.15) is 81.6 Å². The fourth-order valence-electron chi connectivity index (χ4n) is 4.77. The van der Waals surface area contributed by atoms with E-state index in [-0.39, 0.29) is 64.1 Å². The van der Waals surface area contributed by atoms with E-state index in [2.05, 4.69) is 130 Å². The molecule has 0 N–H and O–H groups in total. The molecule has 0 saturated carbocycles. The third-order valence-corrected chi connectivity index (χ3v) is 24.5. The van der Waals surface area contributed by atoms with E-state index in [0.29, 0.717) is 0 Å². The van der Waals surface area contributed by atoms with Gasteiger partial charge in [0.05, 0.1) is 31.8 Å². The molecular formula is C32H63IO7Si3. The SMILES string of the molecule is COC(=O)CC1CC[C@@H]2O[C@@H]([C@H](C=CI)O[Si](C)(C)C(C)(C)C)[C@@H](O[Si](C)(C)C(C)(C)C)[C@@H](O[Si](C)(C)C(C)(C)C)[C@H]2O1. The van der Waals surface area contributed by atoms with Crippen LogP contribution in [0.15, 0.2) is 10.2 Å². The molecule has 0 amide bonds. The maximum atomic E-state index is 12.3. The lowest BCUT2D eigenvalue weighted by Gasteiger charge is -2.56. The molecule has 11 heteroatoms. The molecule has 0 aromatic carbocycles. The van der Waals surface area contributed by atoms with Crippen LogP contribution in [0.25, 0.3) is 0 Å². The minimum atomic E-state index is -2.31. The summed E-state index contributed by atoms with van der Waals surface area (Å²) in [4.78, 5) is 12.3. The van der Waals surface area contributed by atoms with Gasteiger partial charge in [-0.05, 0) is 77.4 Å². The predicted molar refractivity (Wildman–Crippen MR) is 193 cm³/mol. The summed E-state index contributed by atoms with van der Waals surface area (Å²) < 4.78 is 42.8. The molecule has 7 nitrogen and oxygen atoms in total. The molecule has 0 radical (unpaired) electrons. The predicted octanol–water partition coefficient (Wildman–Crippen LogP) is 8.98. The van der Waals surface area contributed by atoms with Crippen molar-refractivity contribution in [3.63, 3.8) is 0 Å². The zero-order valence-corrected chi connectivity index (χ0v) is 35.2. The first-order valence-corrected chi connectivity index (χ1v) is 25.9. The Hall–Kier alpha value is 0.391. The highest BCUT2D eigenvalue weighted by Crippen LogP contribution is 2.47. The molecule has 2 rings (SSSR count). The number of carbonyl (C=O) groups excluding carboxylic acids is 1. The van der Waals surface area contributed by atoms with Crippen LogP contribution in [0, 0.1) is 0 Å². The van der Waals surface area contributed by atoms with Gasteiger partial charge in [0, 0.05) is 0 Å².